The van der Waals surface area contributed by atoms with E-state index in [9.17, 15) is 9.59 Å². The molecule has 0 saturated heterocycles. The number of nitrogens with one attached hydrogen (secondary N) is 1. The molecule has 0 aliphatic heterocycles. The van der Waals surface area contributed by atoms with Crippen LogP contribution >= 0.6 is 15.9 Å². The summed E-state index contributed by atoms with van der Waals surface area (Å²) in [6.07, 6.45) is 0. The molecule has 2 amide bonds. The smallest absolute Gasteiger partial charge is 0.336 e. The Morgan fingerprint density at radius 3 is 2.62 bits per heavy atom. The predicted molar refractivity (Wildman–Crippen MR) is 83.8 cm³/mol. The number of aromatic carboxylic acids is 1. The van der Waals surface area contributed by atoms with Gasteiger partial charge in [-0.2, -0.15) is 0 Å². The molecule has 0 saturated carbocycles. The van der Waals surface area contributed by atoms with E-state index in [1.54, 1.807) is 24.1 Å². The number of carboxylic acids is 1. The molecule has 1 rings (SSSR count). The fraction of sp³-hybridized carbons (Fsp3) is 0.429. The number of methoxy groups -OCH3 is 1. The zero-order chi connectivity index (χ0) is 16.0. The Bertz CT molecular complexity index is 520. The molecule has 0 unspecified atom stereocenters. The van der Waals surface area contributed by atoms with Crippen molar-refractivity contribution in [2.75, 3.05) is 25.6 Å². The van der Waals surface area contributed by atoms with E-state index >= 15 is 0 Å². The van der Waals surface area contributed by atoms with Crippen molar-refractivity contribution in [1.82, 2.24) is 4.90 Å². The molecular formula is C14H19BrN2O4. The van der Waals surface area contributed by atoms with E-state index in [1.807, 2.05) is 13.8 Å². The van der Waals surface area contributed by atoms with Gasteiger partial charge in [-0.25, -0.2) is 9.59 Å². The lowest BCUT2D eigenvalue weighted by atomic mass is 10.2. The predicted octanol–water partition coefficient (Wildman–Crippen LogP) is 3.04. The molecular weight excluding hydrogens is 340 g/mol. The van der Waals surface area contributed by atoms with E-state index in [1.165, 1.54) is 6.07 Å². The Hall–Kier alpha value is -1.60. The van der Waals surface area contributed by atoms with Crippen molar-refractivity contribution in [2.45, 2.75) is 19.9 Å². The van der Waals surface area contributed by atoms with E-state index in [2.05, 4.69) is 21.2 Å². The van der Waals surface area contributed by atoms with Crippen LogP contribution in [0.25, 0.3) is 0 Å². The zero-order valence-electron chi connectivity index (χ0n) is 12.2. The van der Waals surface area contributed by atoms with Gasteiger partial charge in [-0.3, -0.25) is 0 Å². The molecule has 21 heavy (non-hydrogen) atoms. The first-order valence-corrected chi connectivity index (χ1v) is 7.25. The van der Waals surface area contributed by atoms with Gasteiger partial charge in [-0.1, -0.05) is 0 Å². The van der Waals surface area contributed by atoms with E-state index in [4.69, 9.17) is 9.84 Å². The third-order valence-corrected chi connectivity index (χ3v) is 3.56. The van der Waals surface area contributed by atoms with Crippen LogP contribution in [0.3, 0.4) is 0 Å². The van der Waals surface area contributed by atoms with Crippen molar-refractivity contribution in [3.63, 3.8) is 0 Å². The Kier molecular flexibility index (Phi) is 6.64. The van der Waals surface area contributed by atoms with Gasteiger partial charge in [0.1, 0.15) is 0 Å². The van der Waals surface area contributed by atoms with E-state index in [-0.39, 0.29) is 17.6 Å². The lowest BCUT2D eigenvalue weighted by Crippen LogP contribution is -2.42. The van der Waals surface area contributed by atoms with Crippen LogP contribution in [0.5, 0.6) is 0 Å². The maximum Gasteiger partial charge on any atom is 0.336 e. The van der Waals surface area contributed by atoms with Gasteiger partial charge in [-0.05, 0) is 48.0 Å². The first-order chi connectivity index (χ1) is 9.86. The molecule has 0 radical (unpaired) electrons. The van der Waals surface area contributed by atoms with E-state index < -0.39 is 5.97 Å². The summed E-state index contributed by atoms with van der Waals surface area (Å²) in [5.74, 6) is -1.06. The zero-order valence-corrected chi connectivity index (χ0v) is 13.8. The van der Waals surface area contributed by atoms with Crippen LogP contribution in [0.15, 0.2) is 22.7 Å². The number of ether oxygens (including phenoxy) is 1. The highest BCUT2D eigenvalue weighted by Gasteiger charge is 2.17. The van der Waals surface area contributed by atoms with Crippen molar-refractivity contribution in [3.05, 3.63) is 28.2 Å². The number of hydrogen-bond acceptors (Lipinski definition) is 3. The van der Waals surface area contributed by atoms with Crippen molar-refractivity contribution in [3.8, 4) is 0 Å². The minimum Gasteiger partial charge on any atom is -0.478 e. The number of amides is 2. The van der Waals surface area contributed by atoms with Gasteiger partial charge in [-0.15, -0.1) is 0 Å². The average Bonchev–Trinajstić information content (AvgIpc) is 2.40. The summed E-state index contributed by atoms with van der Waals surface area (Å²) in [7, 11) is 1.57. The lowest BCUT2D eigenvalue weighted by molar-refractivity contribution is 0.0696. The molecule has 0 heterocycles. The van der Waals surface area contributed by atoms with Crippen LogP contribution < -0.4 is 5.32 Å². The summed E-state index contributed by atoms with van der Waals surface area (Å²) in [6, 6.07) is 4.37. The molecule has 7 heteroatoms. The van der Waals surface area contributed by atoms with Crippen LogP contribution in [0, 0.1) is 0 Å². The summed E-state index contributed by atoms with van der Waals surface area (Å²) in [5.41, 5.74) is 0.532. The Morgan fingerprint density at radius 2 is 2.10 bits per heavy atom. The van der Waals surface area contributed by atoms with Gasteiger partial charge in [0.25, 0.3) is 0 Å². The highest BCUT2D eigenvalue weighted by atomic mass is 79.9. The third kappa shape index (κ3) is 5.02. The summed E-state index contributed by atoms with van der Waals surface area (Å²) in [5, 5.41) is 11.8. The number of urea groups is 1. The number of carboxylic acid groups (broad SMARTS) is 1. The number of nitrogens with zero attached hydrogens (tertiary/aromatic N) is 1. The second-order valence-corrected chi connectivity index (χ2v) is 5.56. The normalized spacial score (nSPS) is 10.5. The first-order valence-electron chi connectivity index (χ1n) is 6.46. The third-order valence-electron chi connectivity index (χ3n) is 2.87. The molecule has 0 atom stereocenters. The maximum atomic E-state index is 12.2. The topological polar surface area (TPSA) is 78.9 Å². The Labute approximate surface area is 132 Å². The Morgan fingerprint density at radius 1 is 1.43 bits per heavy atom. The van der Waals surface area contributed by atoms with E-state index in [0.29, 0.717) is 23.3 Å². The second-order valence-electron chi connectivity index (χ2n) is 4.71. The van der Waals surface area contributed by atoms with Crippen LogP contribution in [-0.2, 0) is 4.74 Å². The van der Waals surface area contributed by atoms with Crippen LogP contribution in [0.1, 0.15) is 24.2 Å². The minimum absolute atomic E-state index is 0.00884. The van der Waals surface area contributed by atoms with Crippen molar-refractivity contribution in [2.24, 2.45) is 0 Å². The maximum absolute atomic E-state index is 12.2. The van der Waals surface area contributed by atoms with Gasteiger partial charge in [0.15, 0.2) is 0 Å². The van der Waals surface area contributed by atoms with Crippen molar-refractivity contribution >= 4 is 33.6 Å². The van der Waals surface area contributed by atoms with Gasteiger partial charge >= 0.3 is 12.0 Å². The fourth-order valence-corrected chi connectivity index (χ4v) is 2.16. The van der Waals surface area contributed by atoms with Crippen LogP contribution in [0.2, 0.25) is 0 Å². The number of carbonyl (C=O) groups is 2. The monoisotopic (exact) mass is 358 g/mol. The van der Waals surface area contributed by atoms with Crippen molar-refractivity contribution < 1.29 is 19.4 Å². The quantitative estimate of drug-likeness (QED) is 0.818. The largest absolute Gasteiger partial charge is 0.478 e. The summed E-state index contributed by atoms with van der Waals surface area (Å²) < 4.78 is 5.45. The summed E-state index contributed by atoms with van der Waals surface area (Å²) in [6.45, 7) is 4.70. The number of halogens is 1. The van der Waals surface area contributed by atoms with Crippen molar-refractivity contribution in [1.29, 1.82) is 0 Å². The summed E-state index contributed by atoms with van der Waals surface area (Å²) in [4.78, 5) is 24.9. The molecule has 2 N–H and O–H groups in total. The molecule has 0 aliphatic rings. The average molecular weight is 359 g/mol. The van der Waals surface area contributed by atoms with Gasteiger partial charge in [0, 0.05) is 29.9 Å². The van der Waals surface area contributed by atoms with E-state index in [0.717, 1.165) is 0 Å². The molecule has 0 aliphatic carbocycles. The molecule has 6 nitrogen and oxygen atoms in total. The number of rotatable bonds is 6. The van der Waals surface area contributed by atoms with Gasteiger partial charge in [0.2, 0.25) is 0 Å². The molecule has 0 aromatic heterocycles. The SMILES string of the molecule is COCCN(C(=O)Nc1ccc(Br)c(C(=O)O)c1)C(C)C. The number of hydrogen-bond donors (Lipinski definition) is 2. The highest BCUT2D eigenvalue weighted by molar-refractivity contribution is 9.10. The molecule has 0 spiro atoms. The fourth-order valence-electron chi connectivity index (χ4n) is 1.75. The van der Waals surface area contributed by atoms with Gasteiger partial charge in [0.05, 0.1) is 12.2 Å². The molecule has 0 bridgehead atoms. The first kappa shape index (κ1) is 17.5. The lowest BCUT2D eigenvalue weighted by Gasteiger charge is -2.26. The highest BCUT2D eigenvalue weighted by Crippen LogP contribution is 2.21. The number of benzene rings is 1. The standard InChI is InChI=1S/C14H19BrN2O4/c1-9(2)17(6-7-21-3)14(20)16-10-4-5-12(15)11(8-10)13(18)19/h4-5,8-9H,6-7H2,1-3H3,(H,16,20)(H,18,19). The Balaban J connectivity index is 2.86. The minimum atomic E-state index is -1.06. The molecule has 0 fully saturated rings. The molecule has 116 valence electrons. The van der Waals surface area contributed by atoms with Crippen LogP contribution in [0.4, 0.5) is 10.5 Å². The second kappa shape index (κ2) is 7.99. The van der Waals surface area contributed by atoms with Gasteiger partial charge < -0.3 is 20.1 Å². The molecule has 1 aromatic carbocycles. The van der Waals surface area contributed by atoms with Crippen LogP contribution in [-0.4, -0.2) is 48.3 Å². The number of carbonyl (C=O) groups excluding carboxylic acids is 1. The number of anilines is 1. The summed E-state index contributed by atoms with van der Waals surface area (Å²) >= 11 is 3.16. The molecule has 1 aromatic rings.